The van der Waals surface area contributed by atoms with Gasteiger partial charge in [0.2, 0.25) is 0 Å². The normalized spacial score (nSPS) is 15.7. The fraction of sp³-hybridized carbons (Fsp3) is 0.667. The van der Waals surface area contributed by atoms with Gasteiger partial charge in [0.1, 0.15) is 0 Å². The molecule has 0 radical (unpaired) electrons. The average molecular weight is 269 g/mol. The molecule has 0 fully saturated rings. The van der Waals surface area contributed by atoms with Gasteiger partial charge in [-0.1, -0.05) is 0 Å². The zero-order chi connectivity index (χ0) is 13.8. The SMILES string of the molecule is O=C(O)CCc1cc2n(n1)CCN(C(CO)CO)C2. The molecule has 0 saturated heterocycles. The van der Waals surface area contributed by atoms with Gasteiger partial charge in [-0.2, -0.15) is 5.10 Å². The van der Waals surface area contributed by atoms with Crippen LogP contribution in [0.5, 0.6) is 0 Å². The lowest BCUT2D eigenvalue weighted by Gasteiger charge is -2.32. The molecule has 19 heavy (non-hydrogen) atoms. The zero-order valence-electron chi connectivity index (χ0n) is 10.7. The molecular weight excluding hydrogens is 250 g/mol. The smallest absolute Gasteiger partial charge is 0.303 e. The summed E-state index contributed by atoms with van der Waals surface area (Å²) < 4.78 is 1.87. The average Bonchev–Trinajstić information content (AvgIpc) is 2.80. The number of aliphatic carboxylic acids is 1. The first kappa shape index (κ1) is 14.0. The number of fused-ring (bicyclic) bond motifs is 1. The Hall–Kier alpha value is -1.44. The quantitative estimate of drug-likeness (QED) is 0.617. The van der Waals surface area contributed by atoms with Gasteiger partial charge in [-0.15, -0.1) is 0 Å². The molecule has 1 aromatic heterocycles. The maximum atomic E-state index is 10.5. The second kappa shape index (κ2) is 6.14. The van der Waals surface area contributed by atoms with Crippen LogP contribution in [0.4, 0.5) is 0 Å². The highest BCUT2D eigenvalue weighted by molar-refractivity contribution is 5.66. The number of aliphatic hydroxyl groups excluding tert-OH is 2. The predicted molar refractivity (Wildman–Crippen MR) is 66.6 cm³/mol. The van der Waals surface area contributed by atoms with Crippen molar-refractivity contribution < 1.29 is 20.1 Å². The van der Waals surface area contributed by atoms with E-state index in [2.05, 4.69) is 5.10 Å². The molecule has 1 aliphatic heterocycles. The van der Waals surface area contributed by atoms with E-state index in [-0.39, 0.29) is 25.7 Å². The van der Waals surface area contributed by atoms with Gasteiger partial charge >= 0.3 is 5.97 Å². The van der Waals surface area contributed by atoms with Gasteiger partial charge < -0.3 is 15.3 Å². The minimum Gasteiger partial charge on any atom is -0.481 e. The van der Waals surface area contributed by atoms with Crippen molar-refractivity contribution in [2.75, 3.05) is 19.8 Å². The molecule has 2 rings (SSSR count). The number of aryl methyl sites for hydroxylation is 1. The molecule has 1 aliphatic rings. The fourth-order valence-corrected chi connectivity index (χ4v) is 2.30. The summed E-state index contributed by atoms with van der Waals surface area (Å²) in [5.41, 5.74) is 1.78. The van der Waals surface area contributed by atoms with Crippen molar-refractivity contribution in [3.63, 3.8) is 0 Å². The van der Waals surface area contributed by atoms with E-state index in [1.165, 1.54) is 0 Å². The Morgan fingerprint density at radius 1 is 1.37 bits per heavy atom. The highest BCUT2D eigenvalue weighted by Crippen LogP contribution is 2.16. The molecule has 0 aromatic carbocycles. The van der Waals surface area contributed by atoms with Gasteiger partial charge in [-0.3, -0.25) is 14.4 Å². The van der Waals surface area contributed by atoms with Crippen LogP contribution in [0, 0.1) is 0 Å². The molecule has 0 aliphatic carbocycles. The monoisotopic (exact) mass is 269 g/mol. The lowest BCUT2D eigenvalue weighted by atomic mass is 10.2. The van der Waals surface area contributed by atoms with Gasteiger partial charge in [0.15, 0.2) is 0 Å². The van der Waals surface area contributed by atoms with Crippen LogP contribution in [0.1, 0.15) is 17.8 Å². The van der Waals surface area contributed by atoms with Crippen LogP contribution < -0.4 is 0 Å². The number of hydrogen-bond acceptors (Lipinski definition) is 5. The lowest BCUT2D eigenvalue weighted by Crippen LogP contribution is -2.45. The number of hydrogen-bond donors (Lipinski definition) is 3. The number of rotatable bonds is 6. The number of aliphatic hydroxyl groups is 2. The largest absolute Gasteiger partial charge is 0.481 e. The Morgan fingerprint density at radius 3 is 2.74 bits per heavy atom. The van der Waals surface area contributed by atoms with Crippen molar-refractivity contribution in [2.45, 2.75) is 32.0 Å². The number of carbonyl (C=O) groups is 1. The van der Waals surface area contributed by atoms with E-state index in [0.717, 1.165) is 17.9 Å². The van der Waals surface area contributed by atoms with Crippen LogP contribution in [-0.2, 0) is 24.3 Å². The maximum absolute atomic E-state index is 10.5. The summed E-state index contributed by atoms with van der Waals surface area (Å²) in [6, 6.07) is 1.66. The van der Waals surface area contributed by atoms with Crippen LogP contribution >= 0.6 is 0 Å². The highest BCUT2D eigenvalue weighted by atomic mass is 16.4. The van der Waals surface area contributed by atoms with Crippen molar-refractivity contribution >= 4 is 5.97 Å². The Kier molecular flexibility index (Phi) is 4.52. The summed E-state index contributed by atoms with van der Waals surface area (Å²) in [4.78, 5) is 12.5. The first-order valence-corrected chi connectivity index (χ1v) is 6.37. The first-order chi connectivity index (χ1) is 9.13. The van der Waals surface area contributed by atoms with Gasteiger partial charge in [-0.05, 0) is 6.07 Å². The second-order valence-electron chi connectivity index (χ2n) is 4.73. The summed E-state index contributed by atoms with van der Waals surface area (Å²) in [6.07, 6.45) is 0.509. The second-order valence-corrected chi connectivity index (χ2v) is 4.73. The lowest BCUT2D eigenvalue weighted by molar-refractivity contribution is -0.136. The van der Waals surface area contributed by atoms with E-state index < -0.39 is 5.97 Å². The van der Waals surface area contributed by atoms with Crippen molar-refractivity contribution in [3.8, 4) is 0 Å². The van der Waals surface area contributed by atoms with Gasteiger partial charge in [0, 0.05) is 19.5 Å². The summed E-state index contributed by atoms with van der Waals surface area (Å²) >= 11 is 0. The number of aromatic nitrogens is 2. The molecule has 0 unspecified atom stereocenters. The zero-order valence-corrected chi connectivity index (χ0v) is 10.7. The van der Waals surface area contributed by atoms with Crippen LogP contribution in [0.3, 0.4) is 0 Å². The van der Waals surface area contributed by atoms with E-state index in [1.54, 1.807) is 0 Å². The molecule has 1 aromatic rings. The molecule has 3 N–H and O–H groups in total. The molecule has 0 bridgehead atoms. The van der Waals surface area contributed by atoms with Gasteiger partial charge in [0.25, 0.3) is 0 Å². The molecule has 7 nitrogen and oxygen atoms in total. The van der Waals surface area contributed by atoms with E-state index >= 15 is 0 Å². The van der Waals surface area contributed by atoms with E-state index in [1.807, 2.05) is 15.6 Å². The Balaban J connectivity index is 2.02. The van der Waals surface area contributed by atoms with Crippen molar-refractivity contribution in [1.29, 1.82) is 0 Å². The summed E-state index contributed by atoms with van der Waals surface area (Å²) in [5.74, 6) is -0.826. The minimum absolute atomic E-state index is 0.0729. The number of carboxylic acids is 1. The third-order valence-electron chi connectivity index (χ3n) is 3.41. The van der Waals surface area contributed by atoms with Crippen LogP contribution in [0.15, 0.2) is 6.07 Å². The van der Waals surface area contributed by atoms with Crippen molar-refractivity contribution in [3.05, 3.63) is 17.5 Å². The van der Waals surface area contributed by atoms with Crippen molar-refractivity contribution in [1.82, 2.24) is 14.7 Å². The Labute approximate surface area is 111 Å². The molecular formula is C12H19N3O4. The highest BCUT2D eigenvalue weighted by Gasteiger charge is 2.23. The third-order valence-corrected chi connectivity index (χ3v) is 3.41. The minimum atomic E-state index is -0.826. The van der Waals surface area contributed by atoms with Gasteiger partial charge in [0.05, 0.1) is 43.6 Å². The summed E-state index contributed by atoms with van der Waals surface area (Å²) in [6.45, 7) is 1.89. The molecule has 7 heteroatoms. The molecule has 2 heterocycles. The van der Waals surface area contributed by atoms with Crippen LogP contribution in [0.25, 0.3) is 0 Å². The Bertz CT molecular complexity index is 442. The maximum Gasteiger partial charge on any atom is 0.303 e. The molecule has 0 amide bonds. The van der Waals surface area contributed by atoms with Crippen LogP contribution in [0.2, 0.25) is 0 Å². The first-order valence-electron chi connectivity index (χ1n) is 6.37. The summed E-state index contributed by atoms with van der Waals surface area (Å²) in [7, 11) is 0. The van der Waals surface area contributed by atoms with E-state index in [0.29, 0.717) is 19.5 Å². The van der Waals surface area contributed by atoms with Crippen molar-refractivity contribution in [2.24, 2.45) is 0 Å². The topological polar surface area (TPSA) is 98.8 Å². The predicted octanol–water partition coefficient (Wildman–Crippen LogP) is -0.931. The fourth-order valence-electron chi connectivity index (χ4n) is 2.30. The number of carboxylic acid groups (broad SMARTS) is 1. The standard InChI is InChI=1S/C12H19N3O4/c16-7-11(8-17)14-3-4-15-10(6-14)5-9(13-15)1-2-12(18)19/h5,11,16-17H,1-4,6-8H2,(H,18,19). The molecule has 0 saturated carbocycles. The molecule has 0 atom stereocenters. The van der Waals surface area contributed by atoms with E-state index in [9.17, 15) is 15.0 Å². The van der Waals surface area contributed by atoms with Crippen LogP contribution in [-0.4, -0.2) is 61.8 Å². The molecule has 106 valence electrons. The summed E-state index contributed by atoms with van der Waals surface area (Å²) in [5, 5.41) is 31.4. The molecule has 0 spiro atoms. The number of nitrogens with zero attached hydrogens (tertiary/aromatic N) is 3. The third kappa shape index (κ3) is 3.31. The van der Waals surface area contributed by atoms with E-state index in [4.69, 9.17) is 5.11 Å². The Morgan fingerprint density at radius 2 is 2.11 bits per heavy atom. The van der Waals surface area contributed by atoms with Gasteiger partial charge in [-0.25, -0.2) is 0 Å².